The Morgan fingerprint density at radius 3 is 2.39 bits per heavy atom. The topological polar surface area (TPSA) is 42.1 Å². The number of hydrogen-bond acceptors (Lipinski definition) is 3. The summed E-state index contributed by atoms with van der Waals surface area (Å²) in [5.41, 5.74) is 8.24. The van der Waals surface area contributed by atoms with Crippen LogP contribution in [0.5, 0.6) is 0 Å². The van der Waals surface area contributed by atoms with Gasteiger partial charge in [-0.15, -0.1) is 0 Å². The summed E-state index contributed by atoms with van der Waals surface area (Å²) in [5.74, 6) is 1.01. The number of benzene rings is 1. The Morgan fingerprint density at radius 1 is 1.06 bits per heavy atom. The molecule has 3 nitrogen and oxygen atoms in total. The summed E-state index contributed by atoms with van der Waals surface area (Å²) in [5, 5.41) is 0. The van der Waals surface area contributed by atoms with Gasteiger partial charge in [-0.25, -0.2) is 4.98 Å². The van der Waals surface area contributed by atoms with E-state index in [9.17, 15) is 0 Å². The van der Waals surface area contributed by atoms with Gasteiger partial charge in [-0.3, -0.25) is 0 Å². The van der Waals surface area contributed by atoms with E-state index in [0.29, 0.717) is 6.54 Å². The second kappa shape index (κ2) is 6.17. The number of hydrogen-bond donors (Lipinski definition) is 1. The van der Waals surface area contributed by atoms with Gasteiger partial charge in [0.2, 0.25) is 0 Å². The second-order valence-corrected chi connectivity index (χ2v) is 4.17. The Balaban J connectivity index is 2.21. The second-order valence-electron chi connectivity index (χ2n) is 4.17. The Morgan fingerprint density at radius 2 is 1.78 bits per heavy atom. The summed E-state index contributed by atoms with van der Waals surface area (Å²) in [6, 6.07) is 14.3. The fourth-order valence-corrected chi connectivity index (χ4v) is 2.01. The minimum absolute atomic E-state index is 0.579. The Hall–Kier alpha value is -1.87. The van der Waals surface area contributed by atoms with E-state index in [-0.39, 0.29) is 0 Å². The lowest BCUT2D eigenvalue weighted by molar-refractivity contribution is 0.803. The van der Waals surface area contributed by atoms with Crippen molar-refractivity contribution in [2.45, 2.75) is 20.0 Å². The SMILES string of the molecule is CCN(Cc1ccccc1CN)c1ccccn1. The van der Waals surface area contributed by atoms with Crippen LogP contribution in [0.15, 0.2) is 48.7 Å². The first-order valence-corrected chi connectivity index (χ1v) is 6.28. The predicted octanol–water partition coefficient (Wildman–Crippen LogP) is 2.57. The number of aromatic nitrogens is 1. The molecule has 0 bridgehead atoms. The number of rotatable bonds is 5. The Labute approximate surface area is 108 Å². The molecule has 0 saturated heterocycles. The van der Waals surface area contributed by atoms with Crippen LogP contribution in [0.2, 0.25) is 0 Å². The predicted molar refractivity (Wildman–Crippen MR) is 75.3 cm³/mol. The van der Waals surface area contributed by atoms with E-state index in [1.165, 1.54) is 11.1 Å². The zero-order valence-corrected chi connectivity index (χ0v) is 10.7. The maximum absolute atomic E-state index is 5.77. The highest BCUT2D eigenvalue weighted by atomic mass is 15.2. The third-order valence-corrected chi connectivity index (χ3v) is 3.05. The molecule has 0 aliphatic rings. The fraction of sp³-hybridized carbons (Fsp3) is 0.267. The van der Waals surface area contributed by atoms with Crippen molar-refractivity contribution >= 4 is 5.82 Å². The van der Waals surface area contributed by atoms with Crippen molar-refractivity contribution in [1.29, 1.82) is 0 Å². The van der Waals surface area contributed by atoms with Crippen molar-refractivity contribution in [2.75, 3.05) is 11.4 Å². The lowest BCUT2D eigenvalue weighted by Gasteiger charge is -2.23. The molecule has 0 amide bonds. The van der Waals surface area contributed by atoms with Crippen LogP contribution in [0.25, 0.3) is 0 Å². The first kappa shape index (κ1) is 12.6. The van der Waals surface area contributed by atoms with Crippen molar-refractivity contribution < 1.29 is 0 Å². The maximum Gasteiger partial charge on any atom is 0.128 e. The van der Waals surface area contributed by atoms with E-state index >= 15 is 0 Å². The van der Waals surface area contributed by atoms with Crippen molar-refractivity contribution in [3.63, 3.8) is 0 Å². The maximum atomic E-state index is 5.77. The van der Waals surface area contributed by atoms with E-state index in [2.05, 4.69) is 35.0 Å². The van der Waals surface area contributed by atoms with Crippen molar-refractivity contribution in [3.05, 3.63) is 59.8 Å². The molecule has 94 valence electrons. The van der Waals surface area contributed by atoms with Crippen LogP contribution in [0, 0.1) is 0 Å². The fourth-order valence-electron chi connectivity index (χ4n) is 2.01. The van der Waals surface area contributed by atoms with Gasteiger partial charge in [-0.2, -0.15) is 0 Å². The van der Waals surface area contributed by atoms with Crippen molar-refractivity contribution in [1.82, 2.24) is 4.98 Å². The average Bonchev–Trinajstić information content (AvgIpc) is 2.46. The highest BCUT2D eigenvalue weighted by Crippen LogP contribution is 2.16. The molecule has 2 N–H and O–H groups in total. The zero-order valence-electron chi connectivity index (χ0n) is 10.7. The van der Waals surface area contributed by atoms with Gasteiger partial charge in [-0.1, -0.05) is 30.3 Å². The van der Waals surface area contributed by atoms with Gasteiger partial charge in [-0.05, 0) is 30.2 Å². The first-order valence-electron chi connectivity index (χ1n) is 6.28. The van der Waals surface area contributed by atoms with E-state index < -0.39 is 0 Å². The third-order valence-electron chi connectivity index (χ3n) is 3.05. The molecule has 0 aliphatic heterocycles. The average molecular weight is 241 g/mol. The van der Waals surface area contributed by atoms with Gasteiger partial charge in [0.15, 0.2) is 0 Å². The summed E-state index contributed by atoms with van der Waals surface area (Å²) in [7, 11) is 0. The van der Waals surface area contributed by atoms with Crippen molar-refractivity contribution in [3.8, 4) is 0 Å². The molecule has 1 heterocycles. The molecule has 2 aromatic rings. The number of anilines is 1. The molecule has 0 unspecified atom stereocenters. The lowest BCUT2D eigenvalue weighted by Crippen LogP contribution is -2.23. The molecule has 2 rings (SSSR count). The first-order chi connectivity index (χ1) is 8.85. The lowest BCUT2D eigenvalue weighted by atomic mass is 10.1. The summed E-state index contributed by atoms with van der Waals surface area (Å²) in [4.78, 5) is 6.64. The Kier molecular flexibility index (Phi) is 4.31. The van der Waals surface area contributed by atoms with E-state index in [0.717, 1.165) is 18.9 Å². The van der Waals surface area contributed by atoms with Gasteiger partial charge >= 0.3 is 0 Å². The number of pyridine rings is 1. The molecular formula is C15H19N3. The van der Waals surface area contributed by atoms with Gasteiger partial charge in [0.25, 0.3) is 0 Å². The van der Waals surface area contributed by atoms with E-state index in [1.54, 1.807) is 0 Å². The quantitative estimate of drug-likeness (QED) is 0.874. The largest absolute Gasteiger partial charge is 0.353 e. The van der Waals surface area contributed by atoms with Crippen LogP contribution < -0.4 is 10.6 Å². The monoisotopic (exact) mass is 241 g/mol. The molecule has 1 aromatic heterocycles. The van der Waals surface area contributed by atoms with Gasteiger partial charge in [0.1, 0.15) is 5.82 Å². The van der Waals surface area contributed by atoms with Crippen LogP contribution in [-0.2, 0) is 13.1 Å². The summed E-state index contributed by atoms with van der Waals surface area (Å²) >= 11 is 0. The molecule has 0 atom stereocenters. The minimum Gasteiger partial charge on any atom is -0.353 e. The van der Waals surface area contributed by atoms with Gasteiger partial charge in [0, 0.05) is 25.8 Å². The van der Waals surface area contributed by atoms with Crippen LogP contribution in [0.4, 0.5) is 5.82 Å². The standard InChI is InChI=1S/C15H19N3/c1-2-18(15-9-5-6-10-17-15)12-14-8-4-3-7-13(14)11-16/h3-10H,2,11-12,16H2,1H3. The Bertz CT molecular complexity index is 482. The molecule has 18 heavy (non-hydrogen) atoms. The number of nitrogens with two attached hydrogens (primary N) is 1. The molecule has 3 heteroatoms. The zero-order chi connectivity index (χ0) is 12.8. The van der Waals surface area contributed by atoms with E-state index in [4.69, 9.17) is 5.73 Å². The molecule has 0 saturated carbocycles. The van der Waals surface area contributed by atoms with Gasteiger partial charge in [0.05, 0.1) is 0 Å². The van der Waals surface area contributed by atoms with Gasteiger partial charge < -0.3 is 10.6 Å². The minimum atomic E-state index is 0.579. The molecule has 0 fully saturated rings. The smallest absolute Gasteiger partial charge is 0.128 e. The molecule has 0 spiro atoms. The summed E-state index contributed by atoms with van der Waals surface area (Å²) in [6.07, 6.45) is 1.83. The van der Waals surface area contributed by atoms with Crippen LogP contribution >= 0.6 is 0 Å². The molecular weight excluding hydrogens is 222 g/mol. The highest BCUT2D eigenvalue weighted by molar-refractivity contribution is 5.40. The summed E-state index contributed by atoms with van der Waals surface area (Å²) in [6.45, 7) is 4.49. The molecule has 1 aromatic carbocycles. The molecule has 0 radical (unpaired) electrons. The van der Waals surface area contributed by atoms with Crippen molar-refractivity contribution in [2.24, 2.45) is 5.73 Å². The van der Waals surface area contributed by atoms with E-state index in [1.807, 2.05) is 30.5 Å². The van der Waals surface area contributed by atoms with Crippen LogP contribution in [0.3, 0.4) is 0 Å². The van der Waals surface area contributed by atoms with Crippen LogP contribution in [0.1, 0.15) is 18.1 Å². The third kappa shape index (κ3) is 2.87. The highest BCUT2D eigenvalue weighted by Gasteiger charge is 2.08. The van der Waals surface area contributed by atoms with Crippen LogP contribution in [-0.4, -0.2) is 11.5 Å². The normalized spacial score (nSPS) is 10.3. The molecule has 0 aliphatic carbocycles. The number of nitrogens with zero attached hydrogens (tertiary/aromatic N) is 2. The summed E-state index contributed by atoms with van der Waals surface area (Å²) < 4.78 is 0.